The predicted molar refractivity (Wildman–Crippen MR) is 57.7 cm³/mol. The number of carboxylic acids is 1. The molecule has 2 rings (SSSR count). The van der Waals surface area contributed by atoms with Crippen LogP contribution in [0, 0.1) is 5.92 Å². The summed E-state index contributed by atoms with van der Waals surface area (Å²) in [6.07, 6.45) is 4.66. The van der Waals surface area contributed by atoms with Crippen LogP contribution in [0.4, 0.5) is 0 Å². The Balaban J connectivity index is 1.89. The average molecular weight is 226 g/mol. The second-order valence-electron chi connectivity index (χ2n) is 4.66. The zero-order chi connectivity index (χ0) is 11.5. The Morgan fingerprint density at radius 3 is 2.88 bits per heavy atom. The predicted octanol–water partition coefficient (Wildman–Crippen LogP) is 0.455. The Hall–Kier alpha value is -1.10. The summed E-state index contributed by atoms with van der Waals surface area (Å²) in [4.78, 5) is 22.3. The molecular formula is C11H18N2O3. The molecule has 0 aromatic heterocycles. The van der Waals surface area contributed by atoms with Gasteiger partial charge in [0.05, 0.1) is 12.1 Å². The second kappa shape index (κ2) is 4.82. The van der Waals surface area contributed by atoms with Gasteiger partial charge in [-0.25, -0.2) is 0 Å². The lowest BCUT2D eigenvalue weighted by atomic mass is 9.82. The van der Waals surface area contributed by atoms with Gasteiger partial charge in [0.15, 0.2) is 0 Å². The van der Waals surface area contributed by atoms with Gasteiger partial charge >= 0.3 is 5.97 Å². The first-order chi connectivity index (χ1) is 7.66. The van der Waals surface area contributed by atoms with Crippen molar-refractivity contribution >= 4 is 11.9 Å². The van der Waals surface area contributed by atoms with E-state index < -0.39 is 5.97 Å². The normalized spacial score (nSPS) is 34.0. The maximum atomic E-state index is 11.8. The second-order valence-corrected chi connectivity index (χ2v) is 4.66. The van der Waals surface area contributed by atoms with Crippen molar-refractivity contribution < 1.29 is 14.7 Å². The van der Waals surface area contributed by atoms with Crippen LogP contribution < -0.4 is 10.6 Å². The van der Waals surface area contributed by atoms with Gasteiger partial charge < -0.3 is 10.4 Å². The highest BCUT2D eigenvalue weighted by atomic mass is 16.4. The highest BCUT2D eigenvalue weighted by Crippen LogP contribution is 2.27. The number of carbonyl (C=O) groups excluding carboxylic acids is 1. The molecule has 16 heavy (non-hydrogen) atoms. The third-order valence-corrected chi connectivity index (χ3v) is 3.48. The van der Waals surface area contributed by atoms with Crippen LogP contribution in [0.3, 0.4) is 0 Å². The Morgan fingerprint density at radius 2 is 2.12 bits per heavy atom. The Morgan fingerprint density at radius 1 is 1.38 bits per heavy atom. The minimum Gasteiger partial charge on any atom is -0.481 e. The summed E-state index contributed by atoms with van der Waals surface area (Å²) in [7, 11) is 0. The van der Waals surface area contributed by atoms with Crippen molar-refractivity contribution in [2.45, 2.75) is 50.7 Å². The molecule has 3 atom stereocenters. The molecule has 0 bridgehead atoms. The number of carboxylic acid groups (broad SMARTS) is 1. The number of hydrogen-bond acceptors (Lipinski definition) is 3. The molecule has 0 aromatic rings. The number of rotatable bonds is 3. The fourth-order valence-corrected chi connectivity index (χ4v) is 2.65. The lowest BCUT2D eigenvalue weighted by Crippen LogP contribution is -2.62. The first-order valence-electron chi connectivity index (χ1n) is 5.95. The van der Waals surface area contributed by atoms with E-state index in [0.717, 1.165) is 25.7 Å². The van der Waals surface area contributed by atoms with Crippen LogP contribution >= 0.6 is 0 Å². The zero-order valence-electron chi connectivity index (χ0n) is 9.24. The standard InChI is InChI=1S/C11H18N2O3/c14-10(15)6-5-9-12-8-4-2-1-3-7(8)11(16)13-9/h7-9,12H,1-6H2,(H,13,16)(H,14,15). The van der Waals surface area contributed by atoms with Crippen molar-refractivity contribution in [3.63, 3.8) is 0 Å². The minimum absolute atomic E-state index is 0.0924. The molecule has 1 aliphatic carbocycles. The summed E-state index contributed by atoms with van der Waals surface area (Å²) < 4.78 is 0. The van der Waals surface area contributed by atoms with E-state index in [1.807, 2.05) is 0 Å². The highest BCUT2D eigenvalue weighted by molar-refractivity contribution is 5.80. The maximum Gasteiger partial charge on any atom is 0.303 e. The van der Waals surface area contributed by atoms with Crippen LogP contribution in [-0.2, 0) is 9.59 Å². The van der Waals surface area contributed by atoms with E-state index >= 15 is 0 Å². The van der Waals surface area contributed by atoms with Gasteiger partial charge in [-0.05, 0) is 19.3 Å². The van der Waals surface area contributed by atoms with Gasteiger partial charge in [0.1, 0.15) is 0 Å². The molecule has 3 N–H and O–H groups in total. The molecule has 0 aromatic carbocycles. The quantitative estimate of drug-likeness (QED) is 0.653. The van der Waals surface area contributed by atoms with E-state index in [1.54, 1.807) is 0 Å². The van der Waals surface area contributed by atoms with Crippen molar-refractivity contribution in [2.24, 2.45) is 5.92 Å². The number of amides is 1. The number of carbonyl (C=O) groups is 2. The summed E-state index contributed by atoms with van der Waals surface area (Å²) >= 11 is 0. The van der Waals surface area contributed by atoms with Crippen molar-refractivity contribution in [3.8, 4) is 0 Å². The smallest absolute Gasteiger partial charge is 0.303 e. The molecule has 1 saturated carbocycles. The van der Waals surface area contributed by atoms with Gasteiger partial charge in [0.25, 0.3) is 0 Å². The summed E-state index contributed by atoms with van der Waals surface area (Å²) in [5.41, 5.74) is 0. The molecule has 1 heterocycles. The summed E-state index contributed by atoms with van der Waals surface area (Å²) in [6.45, 7) is 0. The average Bonchev–Trinajstić information content (AvgIpc) is 2.26. The molecule has 2 aliphatic rings. The molecule has 2 fully saturated rings. The Kier molecular flexibility index (Phi) is 3.43. The van der Waals surface area contributed by atoms with Crippen molar-refractivity contribution in [2.75, 3.05) is 0 Å². The molecule has 5 nitrogen and oxygen atoms in total. The monoisotopic (exact) mass is 226 g/mol. The molecule has 0 spiro atoms. The van der Waals surface area contributed by atoms with E-state index in [4.69, 9.17) is 5.11 Å². The van der Waals surface area contributed by atoms with Gasteiger partial charge in [-0.3, -0.25) is 14.9 Å². The Bertz CT molecular complexity index is 293. The molecular weight excluding hydrogens is 208 g/mol. The Labute approximate surface area is 94.6 Å². The largest absolute Gasteiger partial charge is 0.481 e. The number of hydrogen-bond donors (Lipinski definition) is 3. The van der Waals surface area contributed by atoms with E-state index in [-0.39, 0.29) is 30.5 Å². The summed E-state index contributed by atoms with van der Waals surface area (Å²) in [5.74, 6) is -0.629. The molecule has 90 valence electrons. The first-order valence-corrected chi connectivity index (χ1v) is 5.95. The van der Waals surface area contributed by atoms with Gasteiger partial charge in [-0.2, -0.15) is 0 Å². The molecule has 1 aliphatic heterocycles. The summed E-state index contributed by atoms with van der Waals surface area (Å²) in [6, 6.07) is 0.251. The zero-order valence-corrected chi connectivity index (χ0v) is 9.24. The lowest BCUT2D eigenvalue weighted by Gasteiger charge is -2.40. The number of fused-ring (bicyclic) bond motifs is 1. The van der Waals surface area contributed by atoms with E-state index in [1.165, 1.54) is 0 Å². The van der Waals surface area contributed by atoms with Crippen LogP contribution in [0.15, 0.2) is 0 Å². The lowest BCUT2D eigenvalue weighted by molar-refractivity contribution is -0.138. The maximum absolute atomic E-state index is 11.8. The highest BCUT2D eigenvalue weighted by Gasteiger charge is 2.37. The number of nitrogens with one attached hydrogen (secondary N) is 2. The third kappa shape index (κ3) is 2.52. The SMILES string of the molecule is O=C(O)CCC1NC(=O)C2CCCCC2N1. The van der Waals surface area contributed by atoms with Crippen molar-refractivity contribution in [3.05, 3.63) is 0 Å². The van der Waals surface area contributed by atoms with Crippen LogP contribution in [0.25, 0.3) is 0 Å². The van der Waals surface area contributed by atoms with E-state index in [9.17, 15) is 9.59 Å². The number of aliphatic carboxylic acids is 1. The minimum atomic E-state index is -0.818. The molecule has 0 radical (unpaired) electrons. The summed E-state index contributed by atoms with van der Waals surface area (Å²) in [5, 5.41) is 14.8. The van der Waals surface area contributed by atoms with Gasteiger partial charge in [0, 0.05) is 12.5 Å². The van der Waals surface area contributed by atoms with Crippen molar-refractivity contribution in [1.29, 1.82) is 0 Å². The fraction of sp³-hybridized carbons (Fsp3) is 0.818. The molecule has 1 amide bonds. The first kappa shape index (κ1) is 11.4. The van der Waals surface area contributed by atoms with E-state index in [0.29, 0.717) is 6.42 Å². The molecule has 5 heteroatoms. The van der Waals surface area contributed by atoms with Gasteiger partial charge in [-0.1, -0.05) is 12.8 Å². The van der Waals surface area contributed by atoms with Crippen LogP contribution in [0.5, 0.6) is 0 Å². The van der Waals surface area contributed by atoms with Crippen LogP contribution in [-0.4, -0.2) is 29.2 Å². The third-order valence-electron chi connectivity index (χ3n) is 3.48. The molecule has 3 unspecified atom stereocenters. The van der Waals surface area contributed by atoms with Gasteiger partial charge in [-0.15, -0.1) is 0 Å². The van der Waals surface area contributed by atoms with Crippen molar-refractivity contribution in [1.82, 2.24) is 10.6 Å². The van der Waals surface area contributed by atoms with E-state index in [2.05, 4.69) is 10.6 Å². The van der Waals surface area contributed by atoms with Crippen LogP contribution in [0.2, 0.25) is 0 Å². The fourth-order valence-electron chi connectivity index (χ4n) is 2.65. The molecule has 1 saturated heterocycles. The topological polar surface area (TPSA) is 78.4 Å². The van der Waals surface area contributed by atoms with Gasteiger partial charge in [0.2, 0.25) is 5.91 Å². The van der Waals surface area contributed by atoms with Crippen LogP contribution in [0.1, 0.15) is 38.5 Å².